The van der Waals surface area contributed by atoms with Crippen molar-refractivity contribution in [1.29, 1.82) is 0 Å². The monoisotopic (exact) mass is 162 g/mol. The summed E-state index contributed by atoms with van der Waals surface area (Å²) < 4.78 is 1.86. The number of hydrogen-bond donors (Lipinski definition) is 0. The van der Waals surface area contributed by atoms with Crippen LogP contribution < -0.4 is 0 Å². The summed E-state index contributed by atoms with van der Waals surface area (Å²) in [7, 11) is 1.93. The smallest absolute Gasteiger partial charge is 0.0534 e. The van der Waals surface area contributed by atoms with Crippen LogP contribution in [0.1, 0.15) is 31.0 Å². The zero-order valence-corrected chi connectivity index (χ0v) is 7.83. The van der Waals surface area contributed by atoms with Gasteiger partial charge in [0.2, 0.25) is 0 Å². The first-order valence-electron chi connectivity index (χ1n) is 4.11. The number of aryl methyl sites for hydroxylation is 1. The number of hydrogen-bond acceptors (Lipinski definition) is 1. The Balaban J connectivity index is 3.05. The van der Waals surface area contributed by atoms with Crippen LogP contribution >= 0.6 is 0 Å². The molecule has 64 valence electrons. The van der Waals surface area contributed by atoms with E-state index in [1.165, 1.54) is 5.56 Å². The average Bonchev–Trinajstić information content (AvgIpc) is 2.34. The summed E-state index contributed by atoms with van der Waals surface area (Å²) in [5.74, 6) is 3.15. The summed E-state index contributed by atoms with van der Waals surface area (Å²) >= 11 is 0. The SMILES string of the molecule is C#CCc1c(C(C)C)cnn1C. The molecule has 2 heteroatoms. The maximum absolute atomic E-state index is 5.27. The van der Waals surface area contributed by atoms with Crippen LogP contribution in [0, 0.1) is 12.3 Å². The second kappa shape index (κ2) is 3.44. The normalized spacial score (nSPS) is 10.2. The molecule has 0 fully saturated rings. The van der Waals surface area contributed by atoms with Gasteiger partial charge < -0.3 is 0 Å². The first-order valence-corrected chi connectivity index (χ1v) is 4.11. The molecule has 0 unspecified atom stereocenters. The minimum absolute atomic E-state index is 0.502. The molecule has 0 saturated heterocycles. The van der Waals surface area contributed by atoms with Gasteiger partial charge in [0.05, 0.1) is 18.3 Å². The van der Waals surface area contributed by atoms with E-state index in [9.17, 15) is 0 Å². The summed E-state index contributed by atoms with van der Waals surface area (Å²) in [6, 6.07) is 0. The standard InChI is InChI=1S/C10H14N2/c1-5-6-10-9(8(2)3)7-11-12(10)4/h1,7-8H,6H2,2-4H3. The molecule has 0 aromatic carbocycles. The first kappa shape index (κ1) is 8.86. The van der Waals surface area contributed by atoms with Gasteiger partial charge >= 0.3 is 0 Å². The van der Waals surface area contributed by atoms with E-state index in [-0.39, 0.29) is 0 Å². The maximum Gasteiger partial charge on any atom is 0.0534 e. The van der Waals surface area contributed by atoms with Gasteiger partial charge in [0, 0.05) is 7.05 Å². The van der Waals surface area contributed by atoms with Crippen LogP contribution in [0.25, 0.3) is 0 Å². The van der Waals surface area contributed by atoms with E-state index in [0.29, 0.717) is 12.3 Å². The molecule has 0 aliphatic rings. The van der Waals surface area contributed by atoms with Crippen molar-refractivity contribution in [1.82, 2.24) is 9.78 Å². The van der Waals surface area contributed by atoms with Gasteiger partial charge in [-0.1, -0.05) is 13.8 Å². The summed E-state index contributed by atoms with van der Waals surface area (Å²) in [6.45, 7) is 4.30. The van der Waals surface area contributed by atoms with Gasteiger partial charge in [-0.25, -0.2) is 0 Å². The summed E-state index contributed by atoms with van der Waals surface area (Å²) in [5, 5.41) is 4.18. The van der Waals surface area contributed by atoms with E-state index in [1.54, 1.807) is 0 Å². The van der Waals surface area contributed by atoms with Gasteiger partial charge in [0.25, 0.3) is 0 Å². The van der Waals surface area contributed by atoms with E-state index in [1.807, 2.05) is 17.9 Å². The van der Waals surface area contributed by atoms with Crippen LogP contribution in [0.4, 0.5) is 0 Å². The number of aromatic nitrogens is 2. The van der Waals surface area contributed by atoms with Crippen molar-refractivity contribution in [2.45, 2.75) is 26.2 Å². The largest absolute Gasteiger partial charge is 0.271 e. The second-order valence-electron chi connectivity index (χ2n) is 3.21. The molecule has 0 aliphatic heterocycles. The zero-order chi connectivity index (χ0) is 9.14. The predicted octanol–water partition coefficient (Wildman–Crippen LogP) is 1.72. The molecular weight excluding hydrogens is 148 g/mol. The molecule has 0 amide bonds. The molecule has 12 heavy (non-hydrogen) atoms. The fourth-order valence-corrected chi connectivity index (χ4v) is 1.28. The number of rotatable bonds is 2. The zero-order valence-electron chi connectivity index (χ0n) is 7.83. The van der Waals surface area contributed by atoms with Gasteiger partial charge in [-0.3, -0.25) is 4.68 Å². The molecule has 1 rings (SSSR count). The highest BCUT2D eigenvalue weighted by Crippen LogP contribution is 2.18. The van der Waals surface area contributed by atoms with Crippen molar-refractivity contribution in [2.75, 3.05) is 0 Å². The van der Waals surface area contributed by atoms with Crippen molar-refractivity contribution in [3.05, 3.63) is 17.5 Å². The van der Waals surface area contributed by atoms with E-state index in [2.05, 4.69) is 24.9 Å². The number of terminal acetylenes is 1. The van der Waals surface area contributed by atoms with Gasteiger partial charge in [0.1, 0.15) is 0 Å². The van der Waals surface area contributed by atoms with Crippen molar-refractivity contribution in [3.63, 3.8) is 0 Å². The van der Waals surface area contributed by atoms with E-state index >= 15 is 0 Å². The van der Waals surface area contributed by atoms with E-state index in [0.717, 1.165) is 5.69 Å². The van der Waals surface area contributed by atoms with Gasteiger partial charge in [0.15, 0.2) is 0 Å². The van der Waals surface area contributed by atoms with E-state index < -0.39 is 0 Å². The Morgan fingerprint density at radius 3 is 2.83 bits per heavy atom. The van der Waals surface area contributed by atoms with Crippen LogP contribution in [0.2, 0.25) is 0 Å². The van der Waals surface area contributed by atoms with Crippen LogP contribution in [-0.2, 0) is 13.5 Å². The lowest BCUT2D eigenvalue weighted by Crippen LogP contribution is -2.00. The molecule has 0 spiro atoms. The summed E-state index contributed by atoms with van der Waals surface area (Å²) in [6.07, 6.45) is 7.84. The van der Waals surface area contributed by atoms with E-state index in [4.69, 9.17) is 6.42 Å². The molecule has 0 N–H and O–H groups in total. The van der Waals surface area contributed by atoms with Crippen molar-refractivity contribution >= 4 is 0 Å². The molecule has 0 radical (unpaired) electrons. The van der Waals surface area contributed by atoms with Crippen molar-refractivity contribution < 1.29 is 0 Å². The Bertz CT molecular complexity index is 302. The fourth-order valence-electron chi connectivity index (χ4n) is 1.28. The average molecular weight is 162 g/mol. The van der Waals surface area contributed by atoms with Crippen LogP contribution in [-0.4, -0.2) is 9.78 Å². The molecular formula is C10H14N2. The Labute approximate surface area is 73.6 Å². The van der Waals surface area contributed by atoms with Crippen LogP contribution in [0.3, 0.4) is 0 Å². The molecule has 1 aromatic heterocycles. The Morgan fingerprint density at radius 1 is 1.67 bits per heavy atom. The lowest BCUT2D eigenvalue weighted by molar-refractivity contribution is 0.722. The lowest BCUT2D eigenvalue weighted by Gasteiger charge is -2.04. The topological polar surface area (TPSA) is 17.8 Å². The highest BCUT2D eigenvalue weighted by Gasteiger charge is 2.09. The van der Waals surface area contributed by atoms with Crippen LogP contribution in [0.15, 0.2) is 6.20 Å². The van der Waals surface area contributed by atoms with Crippen molar-refractivity contribution in [2.24, 2.45) is 7.05 Å². The Morgan fingerprint density at radius 2 is 2.33 bits per heavy atom. The summed E-state index contributed by atoms with van der Waals surface area (Å²) in [4.78, 5) is 0. The molecule has 1 aromatic rings. The third-order valence-electron chi connectivity index (χ3n) is 1.99. The Hall–Kier alpha value is -1.23. The minimum Gasteiger partial charge on any atom is -0.271 e. The predicted molar refractivity (Wildman–Crippen MR) is 49.8 cm³/mol. The molecule has 0 saturated carbocycles. The third kappa shape index (κ3) is 1.50. The maximum atomic E-state index is 5.27. The van der Waals surface area contributed by atoms with Gasteiger partial charge in [-0.15, -0.1) is 12.3 Å². The van der Waals surface area contributed by atoms with Gasteiger partial charge in [-0.05, 0) is 11.5 Å². The lowest BCUT2D eigenvalue weighted by atomic mass is 10.0. The third-order valence-corrected chi connectivity index (χ3v) is 1.99. The van der Waals surface area contributed by atoms with Gasteiger partial charge in [-0.2, -0.15) is 5.10 Å². The molecule has 2 nitrogen and oxygen atoms in total. The first-order chi connectivity index (χ1) is 5.66. The second-order valence-corrected chi connectivity index (χ2v) is 3.21. The minimum atomic E-state index is 0.502. The highest BCUT2D eigenvalue weighted by molar-refractivity contribution is 5.24. The molecule has 1 heterocycles. The molecule has 0 bridgehead atoms. The summed E-state index contributed by atoms with van der Waals surface area (Å²) in [5.41, 5.74) is 2.42. The fraction of sp³-hybridized carbons (Fsp3) is 0.500. The number of nitrogens with zero attached hydrogens (tertiary/aromatic N) is 2. The molecule has 0 atom stereocenters. The van der Waals surface area contributed by atoms with Crippen molar-refractivity contribution in [3.8, 4) is 12.3 Å². The van der Waals surface area contributed by atoms with Crippen LogP contribution in [0.5, 0.6) is 0 Å². The molecule has 0 aliphatic carbocycles. The Kier molecular flexibility index (Phi) is 2.54. The highest BCUT2D eigenvalue weighted by atomic mass is 15.3. The quantitative estimate of drug-likeness (QED) is 0.605.